The van der Waals surface area contributed by atoms with Crippen LogP contribution in [-0.2, 0) is 17.2 Å². The van der Waals surface area contributed by atoms with Gasteiger partial charge in [-0.2, -0.15) is 8.42 Å². The van der Waals surface area contributed by atoms with Crippen LogP contribution in [0.4, 0.5) is 5.69 Å². The number of fused-ring (bicyclic) bond motifs is 6. The average molecular weight is 616 g/mol. The Hall–Kier alpha value is -3.66. The van der Waals surface area contributed by atoms with E-state index in [2.05, 4.69) is 69.1 Å². The van der Waals surface area contributed by atoms with Gasteiger partial charge in [-0.3, -0.25) is 9.35 Å². The summed E-state index contributed by atoms with van der Waals surface area (Å²) in [7, 11) is -2.52. The normalized spacial score (nSPS) is 21.9. The largest absolute Gasteiger partial charge is 0.455 e. The third kappa shape index (κ3) is 5.10. The molecule has 1 aromatic heterocycles. The quantitative estimate of drug-likeness (QED) is 0.321. The number of rotatable bonds is 4. The SMILES string of the molecule is CC[C@H]1/C=c2\cc3c(cc2/C(CS(=O)(=O)O)=C\C(C)(C)N1)=Cc1c(c2cc4c(cc2n(C)c1=O)N(CC)C(C)(C)C=C4C)O3. The summed E-state index contributed by atoms with van der Waals surface area (Å²) in [6, 6.07) is 8.05. The van der Waals surface area contributed by atoms with Gasteiger partial charge >= 0.3 is 0 Å². The van der Waals surface area contributed by atoms with Crippen LogP contribution >= 0.6 is 0 Å². The van der Waals surface area contributed by atoms with Crippen molar-refractivity contribution in [1.82, 2.24) is 9.88 Å². The number of allylic oxidation sites excluding steroid dienone is 1. The van der Waals surface area contributed by atoms with Gasteiger partial charge in [-0.05, 0) is 100 Å². The lowest BCUT2D eigenvalue weighted by atomic mass is 9.87. The standard InChI is InChI=1S/C35H41N3O5S/c1-9-24-11-21-14-31-22(12-26(21)23(19-44(40,41)42)18-34(4,5)36-24)13-28-32(43-31)27-15-25-20(3)17-35(6,7)38(10-2)30(25)16-29(27)37(8)33(28)39/h11-18,24,36H,9-10,19H2,1-8H3,(H,40,41,42)/b21-11+,23-18-/t24-/m0/s1. The van der Waals surface area contributed by atoms with Crippen LogP contribution in [0, 0.1) is 0 Å². The van der Waals surface area contributed by atoms with Gasteiger partial charge in [0.2, 0.25) is 0 Å². The molecule has 0 radical (unpaired) electrons. The molecule has 0 unspecified atom stereocenters. The maximum Gasteiger partial charge on any atom is 0.269 e. The van der Waals surface area contributed by atoms with E-state index in [0.29, 0.717) is 33.4 Å². The van der Waals surface area contributed by atoms with Gasteiger partial charge in [-0.25, -0.2) is 0 Å². The number of likely N-dealkylation sites (N-methyl/N-ethyl adjacent to an activating group) is 1. The summed E-state index contributed by atoms with van der Waals surface area (Å²) in [6.07, 6.45) is 8.89. The van der Waals surface area contributed by atoms with Crippen molar-refractivity contribution < 1.29 is 17.7 Å². The van der Waals surface area contributed by atoms with Gasteiger partial charge in [-0.15, -0.1) is 0 Å². The predicted octanol–water partition coefficient (Wildman–Crippen LogP) is 4.71. The number of pyridine rings is 1. The molecule has 2 N–H and O–H groups in total. The van der Waals surface area contributed by atoms with Crippen molar-refractivity contribution in [2.45, 2.75) is 72.0 Å². The number of nitrogens with one attached hydrogen (secondary N) is 1. The molecule has 8 nitrogen and oxygen atoms in total. The molecule has 232 valence electrons. The predicted molar refractivity (Wildman–Crippen MR) is 179 cm³/mol. The third-order valence-corrected chi connectivity index (χ3v) is 9.76. The number of anilines is 1. The van der Waals surface area contributed by atoms with E-state index in [9.17, 15) is 17.8 Å². The van der Waals surface area contributed by atoms with Gasteiger partial charge in [0, 0.05) is 47.0 Å². The highest BCUT2D eigenvalue weighted by Crippen LogP contribution is 2.43. The number of ether oxygens (including phenoxy) is 1. The minimum absolute atomic E-state index is 0.0189. The molecule has 3 aliphatic heterocycles. The van der Waals surface area contributed by atoms with Gasteiger partial charge in [0.05, 0.1) is 16.6 Å². The second kappa shape index (κ2) is 10.2. The zero-order chi connectivity index (χ0) is 31.9. The van der Waals surface area contributed by atoms with Crippen LogP contribution in [0.2, 0.25) is 0 Å². The first-order valence-corrected chi connectivity index (χ1v) is 16.8. The monoisotopic (exact) mass is 615 g/mol. The van der Waals surface area contributed by atoms with Crippen LogP contribution in [0.1, 0.15) is 71.6 Å². The van der Waals surface area contributed by atoms with Crippen LogP contribution in [0.15, 0.2) is 41.2 Å². The molecular formula is C35H41N3O5S. The van der Waals surface area contributed by atoms with Gasteiger partial charge in [0.1, 0.15) is 17.3 Å². The molecule has 0 fully saturated rings. The third-order valence-electron chi connectivity index (χ3n) is 9.09. The molecule has 0 aliphatic carbocycles. The summed E-state index contributed by atoms with van der Waals surface area (Å²) < 4.78 is 42.3. The topological polar surface area (TPSA) is 101 Å². The molecule has 0 saturated carbocycles. The minimum Gasteiger partial charge on any atom is -0.455 e. The highest BCUT2D eigenvalue weighted by molar-refractivity contribution is 7.86. The van der Waals surface area contributed by atoms with Gasteiger partial charge < -0.3 is 19.5 Å². The molecule has 3 aromatic rings. The van der Waals surface area contributed by atoms with Gasteiger partial charge in [0.15, 0.2) is 0 Å². The van der Waals surface area contributed by atoms with E-state index in [-0.39, 0.29) is 17.1 Å². The maximum atomic E-state index is 13.8. The van der Waals surface area contributed by atoms with Crippen LogP contribution < -0.4 is 31.0 Å². The second-order valence-corrected chi connectivity index (χ2v) is 14.8. The number of benzene rings is 2. The Balaban J connectivity index is 1.63. The number of aryl methyl sites for hydroxylation is 1. The summed E-state index contributed by atoms with van der Waals surface area (Å²) in [5.74, 6) is 0.580. The van der Waals surface area contributed by atoms with Crippen molar-refractivity contribution in [3.63, 3.8) is 0 Å². The number of hydrogen-bond acceptors (Lipinski definition) is 6. The molecule has 44 heavy (non-hydrogen) atoms. The highest BCUT2D eigenvalue weighted by atomic mass is 32.2. The Bertz CT molecular complexity index is 2100. The lowest BCUT2D eigenvalue weighted by molar-refractivity contribution is 0.436. The molecule has 0 amide bonds. The first-order valence-electron chi connectivity index (χ1n) is 15.2. The van der Waals surface area contributed by atoms with E-state index in [1.165, 1.54) is 5.57 Å². The van der Waals surface area contributed by atoms with Crippen LogP contribution in [0.25, 0.3) is 34.2 Å². The Kier molecular flexibility index (Phi) is 7.03. The number of hydrogen-bond donors (Lipinski definition) is 2. The number of nitrogens with zero attached hydrogens (tertiary/aromatic N) is 2. The highest BCUT2D eigenvalue weighted by Gasteiger charge is 2.32. The maximum absolute atomic E-state index is 13.8. The van der Waals surface area contributed by atoms with Crippen LogP contribution in [-0.4, -0.2) is 47.0 Å². The van der Waals surface area contributed by atoms with Crippen molar-refractivity contribution in [3.8, 4) is 11.5 Å². The summed E-state index contributed by atoms with van der Waals surface area (Å²) in [6.45, 7) is 15.5. The molecular weight excluding hydrogens is 574 g/mol. The van der Waals surface area contributed by atoms with Crippen molar-refractivity contribution in [2.24, 2.45) is 7.05 Å². The van der Waals surface area contributed by atoms with E-state index in [0.717, 1.165) is 40.3 Å². The Morgan fingerprint density at radius 2 is 1.75 bits per heavy atom. The first kappa shape index (κ1) is 30.4. The Morgan fingerprint density at radius 1 is 1.02 bits per heavy atom. The molecule has 0 bridgehead atoms. The van der Waals surface area contributed by atoms with Gasteiger partial charge in [-0.1, -0.05) is 25.2 Å². The Labute approximate surface area is 258 Å². The molecule has 1 atom stereocenters. The fourth-order valence-electron chi connectivity index (χ4n) is 7.24. The summed E-state index contributed by atoms with van der Waals surface area (Å²) >= 11 is 0. The van der Waals surface area contributed by atoms with Crippen molar-refractivity contribution in [1.29, 1.82) is 0 Å². The molecule has 0 spiro atoms. The van der Waals surface area contributed by atoms with E-state index in [1.54, 1.807) is 11.6 Å². The molecule has 2 aromatic carbocycles. The van der Waals surface area contributed by atoms with Crippen LogP contribution in [0.5, 0.6) is 11.5 Å². The zero-order valence-electron chi connectivity index (χ0n) is 26.7. The fraction of sp³-hybridized carbons (Fsp3) is 0.400. The first-order chi connectivity index (χ1) is 20.5. The van der Waals surface area contributed by atoms with E-state index in [4.69, 9.17) is 4.74 Å². The Morgan fingerprint density at radius 3 is 2.41 bits per heavy atom. The van der Waals surface area contributed by atoms with E-state index >= 15 is 0 Å². The van der Waals surface area contributed by atoms with E-state index < -0.39 is 21.4 Å². The summed E-state index contributed by atoms with van der Waals surface area (Å²) in [4.78, 5) is 16.2. The van der Waals surface area contributed by atoms with Gasteiger partial charge in [0.25, 0.3) is 15.7 Å². The average Bonchev–Trinajstić information content (AvgIpc) is 2.91. The number of aromatic nitrogens is 1. The van der Waals surface area contributed by atoms with Crippen LogP contribution in [0.3, 0.4) is 0 Å². The van der Waals surface area contributed by atoms with Crippen molar-refractivity contribution >= 4 is 50.0 Å². The zero-order valence-corrected chi connectivity index (χ0v) is 27.5. The molecule has 6 rings (SSSR count). The lowest BCUT2D eigenvalue weighted by Gasteiger charge is -2.43. The molecule has 3 aliphatic rings. The molecule has 9 heteroatoms. The second-order valence-electron chi connectivity index (χ2n) is 13.4. The van der Waals surface area contributed by atoms with Crippen molar-refractivity contribution in [2.75, 3.05) is 17.2 Å². The van der Waals surface area contributed by atoms with E-state index in [1.807, 2.05) is 38.1 Å². The lowest BCUT2D eigenvalue weighted by Crippen LogP contribution is -2.45. The summed E-state index contributed by atoms with van der Waals surface area (Å²) in [5.41, 5.74) is 4.93. The molecule has 0 saturated heterocycles. The van der Waals surface area contributed by atoms with Crippen molar-refractivity contribution in [3.05, 3.63) is 73.9 Å². The smallest absolute Gasteiger partial charge is 0.269 e. The fourth-order valence-corrected chi connectivity index (χ4v) is 7.87. The summed E-state index contributed by atoms with van der Waals surface area (Å²) in [5, 5.41) is 5.90. The molecule has 4 heterocycles. The minimum atomic E-state index is -4.31.